The van der Waals surface area contributed by atoms with E-state index in [1.165, 1.54) is 6.33 Å². The molecule has 1 aliphatic heterocycles. The zero-order chi connectivity index (χ0) is 21.1. The van der Waals surface area contributed by atoms with E-state index in [1.54, 1.807) is 25.0 Å². The highest BCUT2D eigenvalue weighted by Crippen LogP contribution is 2.42. The van der Waals surface area contributed by atoms with E-state index < -0.39 is 12.0 Å². The van der Waals surface area contributed by atoms with Crippen LogP contribution in [0, 0.1) is 0 Å². The molecular weight excluding hydrogens is 384 g/mol. The quantitative estimate of drug-likeness (QED) is 0.628. The first-order chi connectivity index (χ1) is 14.6. The second kappa shape index (κ2) is 8.28. The Bertz CT molecular complexity index is 1090. The van der Waals surface area contributed by atoms with Crippen molar-refractivity contribution in [2.24, 2.45) is 0 Å². The van der Waals surface area contributed by atoms with Crippen LogP contribution in [0.5, 0.6) is 11.5 Å². The standard InChI is InChI=1S/C22H22N4O4/c1-14-18(21(27)30-12-15-8-5-4-6-9-15)19(26-22(25-14)23-13-24-26)16-10-7-11-17(28-2)20(16)29-3/h4-11,13,19H,12H2,1-3H3,(H,23,24,25)/t19-/m0/s1. The fraction of sp³-hybridized carbons (Fsp3) is 0.227. The van der Waals surface area contributed by atoms with Crippen molar-refractivity contribution in [1.29, 1.82) is 0 Å². The number of benzene rings is 2. The smallest absolute Gasteiger partial charge is 0.338 e. The number of ether oxygens (including phenoxy) is 3. The number of para-hydroxylation sites is 1. The molecule has 30 heavy (non-hydrogen) atoms. The van der Waals surface area contributed by atoms with Gasteiger partial charge in [-0.2, -0.15) is 10.1 Å². The summed E-state index contributed by atoms with van der Waals surface area (Å²) in [4.78, 5) is 17.4. The molecule has 0 amide bonds. The number of carbonyl (C=O) groups excluding carboxylic acids is 1. The van der Waals surface area contributed by atoms with Gasteiger partial charge in [-0.25, -0.2) is 9.48 Å². The Hall–Kier alpha value is -3.81. The van der Waals surface area contributed by atoms with E-state index >= 15 is 0 Å². The monoisotopic (exact) mass is 406 g/mol. The van der Waals surface area contributed by atoms with E-state index in [9.17, 15) is 4.79 Å². The van der Waals surface area contributed by atoms with Crippen LogP contribution in [0.15, 0.2) is 66.1 Å². The van der Waals surface area contributed by atoms with Crippen LogP contribution >= 0.6 is 0 Å². The molecule has 4 rings (SSSR count). The van der Waals surface area contributed by atoms with Gasteiger partial charge in [0.15, 0.2) is 11.5 Å². The molecule has 0 fully saturated rings. The van der Waals surface area contributed by atoms with E-state index in [4.69, 9.17) is 14.2 Å². The lowest BCUT2D eigenvalue weighted by molar-refractivity contribution is -0.140. The summed E-state index contributed by atoms with van der Waals surface area (Å²) < 4.78 is 18.4. The number of esters is 1. The van der Waals surface area contributed by atoms with E-state index in [0.29, 0.717) is 28.7 Å². The van der Waals surface area contributed by atoms with E-state index in [-0.39, 0.29) is 6.61 Å². The van der Waals surface area contributed by atoms with Gasteiger partial charge in [0.2, 0.25) is 5.95 Å². The number of hydrogen-bond acceptors (Lipinski definition) is 7. The van der Waals surface area contributed by atoms with Gasteiger partial charge in [0.25, 0.3) is 0 Å². The normalized spacial score (nSPS) is 15.2. The molecular formula is C22H22N4O4. The number of fused-ring (bicyclic) bond motifs is 1. The van der Waals surface area contributed by atoms with Crippen molar-refractivity contribution in [2.75, 3.05) is 19.5 Å². The van der Waals surface area contributed by atoms with Crippen LogP contribution in [-0.4, -0.2) is 35.0 Å². The Labute approximate surface area is 174 Å². The molecule has 0 saturated carbocycles. The Balaban J connectivity index is 1.76. The molecule has 1 aliphatic rings. The van der Waals surface area contributed by atoms with Crippen molar-refractivity contribution in [2.45, 2.75) is 19.6 Å². The van der Waals surface area contributed by atoms with Crippen molar-refractivity contribution >= 4 is 11.9 Å². The molecule has 0 aliphatic carbocycles. The van der Waals surface area contributed by atoms with Gasteiger partial charge < -0.3 is 19.5 Å². The molecule has 154 valence electrons. The van der Waals surface area contributed by atoms with Crippen LogP contribution in [0.4, 0.5) is 5.95 Å². The SMILES string of the molecule is COc1cccc([C@H]2C(C(=O)OCc3ccccc3)=C(C)Nc3ncnn32)c1OC. The van der Waals surface area contributed by atoms with Crippen LogP contribution in [0.25, 0.3) is 0 Å². The Morgan fingerprint density at radius 2 is 1.90 bits per heavy atom. The number of carbonyl (C=O) groups is 1. The average Bonchev–Trinajstić information content (AvgIpc) is 3.24. The van der Waals surface area contributed by atoms with Gasteiger partial charge in [-0.05, 0) is 18.6 Å². The molecule has 2 aromatic carbocycles. The minimum Gasteiger partial charge on any atom is -0.493 e. The van der Waals surface area contributed by atoms with Gasteiger partial charge in [-0.1, -0.05) is 42.5 Å². The minimum absolute atomic E-state index is 0.169. The number of methoxy groups -OCH3 is 2. The van der Waals surface area contributed by atoms with Crippen LogP contribution < -0.4 is 14.8 Å². The molecule has 1 N–H and O–H groups in total. The fourth-order valence-electron chi connectivity index (χ4n) is 3.57. The maximum Gasteiger partial charge on any atom is 0.338 e. The van der Waals surface area contributed by atoms with Gasteiger partial charge in [0.05, 0.1) is 19.8 Å². The summed E-state index contributed by atoms with van der Waals surface area (Å²) in [6.07, 6.45) is 1.44. The number of rotatable bonds is 6. The lowest BCUT2D eigenvalue weighted by Crippen LogP contribution is -2.30. The van der Waals surface area contributed by atoms with E-state index in [1.807, 2.05) is 49.4 Å². The van der Waals surface area contributed by atoms with Crippen molar-refractivity contribution in [3.63, 3.8) is 0 Å². The molecule has 3 aromatic rings. The number of hydrogen-bond donors (Lipinski definition) is 1. The third-order valence-corrected chi connectivity index (χ3v) is 4.96. The Morgan fingerprint density at radius 1 is 1.10 bits per heavy atom. The van der Waals surface area contributed by atoms with Crippen LogP contribution in [0.3, 0.4) is 0 Å². The Morgan fingerprint density at radius 3 is 2.63 bits per heavy atom. The number of nitrogens with one attached hydrogen (secondary N) is 1. The number of nitrogens with zero attached hydrogens (tertiary/aromatic N) is 3. The summed E-state index contributed by atoms with van der Waals surface area (Å²) in [5.74, 6) is 1.17. The topological polar surface area (TPSA) is 87.5 Å². The summed E-state index contributed by atoms with van der Waals surface area (Å²) in [5, 5.41) is 7.47. The number of allylic oxidation sites excluding steroid dienone is 1. The maximum absolute atomic E-state index is 13.2. The number of aromatic nitrogens is 3. The molecule has 2 heterocycles. The first-order valence-electron chi connectivity index (χ1n) is 9.43. The predicted molar refractivity (Wildman–Crippen MR) is 110 cm³/mol. The summed E-state index contributed by atoms with van der Waals surface area (Å²) in [6, 6.07) is 14.5. The number of anilines is 1. The van der Waals surface area contributed by atoms with Crippen molar-refractivity contribution in [1.82, 2.24) is 14.8 Å². The molecule has 8 nitrogen and oxygen atoms in total. The third-order valence-electron chi connectivity index (χ3n) is 4.96. The summed E-state index contributed by atoms with van der Waals surface area (Å²) in [7, 11) is 3.13. The lowest BCUT2D eigenvalue weighted by Gasteiger charge is -2.29. The summed E-state index contributed by atoms with van der Waals surface area (Å²) in [6.45, 7) is 1.99. The lowest BCUT2D eigenvalue weighted by atomic mass is 9.94. The van der Waals surface area contributed by atoms with Gasteiger partial charge in [0, 0.05) is 11.3 Å². The molecule has 0 radical (unpaired) electrons. The maximum atomic E-state index is 13.2. The highest BCUT2D eigenvalue weighted by molar-refractivity contribution is 5.92. The zero-order valence-electron chi connectivity index (χ0n) is 17.0. The van der Waals surface area contributed by atoms with E-state index in [2.05, 4.69) is 15.4 Å². The van der Waals surface area contributed by atoms with Crippen molar-refractivity contribution in [3.8, 4) is 11.5 Å². The minimum atomic E-state index is -0.586. The summed E-state index contributed by atoms with van der Waals surface area (Å²) >= 11 is 0. The molecule has 1 aromatic heterocycles. The molecule has 1 atom stereocenters. The highest BCUT2D eigenvalue weighted by Gasteiger charge is 2.36. The van der Waals surface area contributed by atoms with Gasteiger partial charge in [-0.15, -0.1) is 0 Å². The zero-order valence-corrected chi connectivity index (χ0v) is 17.0. The third kappa shape index (κ3) is 3.47. The molecule has 0 spiro atoms. The van der Waals surface area contributed by atoms with Gasteiger partial charge in [0.1, 0.15) is 19.0 Å². The van der Waals surface area contributed by atoms with Gasteiger partial charge >= 0.3 is 5.97 Å². The highest BCUT2D eigenvalue weighted by atomic mass is 16.5. The van der Waals surface area contributed by atoms with Crippen LogP contribution in [0.1, 0.15) is 24.1 Å². The second-order valence-corrected chi connectivity index (χ2v) is 6.74. The molecule has 0 bridgehead atoms. The molecule has 8 heteroatoms. The van der Waals surface area contributed by atoms with Crippen molar-refractivity contribution < 1.29 is 19.0 Å². The first kappa shape index (κ1) is 19.5. The van der Waals surface area contributed by atoms with E-state index in [0.717, 1.165) is 11.1 Å². The molecule has 0 unspecified atom stereocenters. The second-order valence-electron chi connectivity index (χ2n) is 6.74. The largest absolute Gasteiger partial charge is 0.493 e. The van der Waals surface area contributed by atoms with Crippen LogP contribution in [-0.2, 0) is 16.1 Å². The van der Waals surface area contributed by atoms with Crippen molar-refractivity contribution in [3.05, 3.63) is 77.3 Å². The first-order valence-corrected chi connectivity index (χ1v) is 9.43. The fourth-order valence-corrected chi connectivity index (χ4v) is 3.57. The summed E-state index contributed by atoms with van der Waals surface area (Å²) in [5.41, 5.74) is 2.69. The van der Waals surface area contributed by atoms with Gasteiger partial charge in [-0.3, -0.25) is 0 Å². The molecule has 0 saturated heterocycles. The average molecular weight is 406 g/mol. The predicted octanol–water partition coefficient (Wildman–Crippen LogP) is 3.33. The Kier molecular flexibility index (Phi) is 5.38. The van der Waals surface area contributed by atoms with Crippen LogP contribution in [0.2, 0.25) is 0 Å².